The summed E-state index contributed by atoms with van der Waals surface area (Å²) in [6.45, 7) is 9.16. The Labute approximate surface area is 77.6 Å². The quantitative estimate of drug-likeness (QED) is 0.459. The van der Waals surface area contributed by atoms with E-state index in [1.165, 1.54) is 12.8 Å². The summed E-state index contributed by atoms with van der Waals surface area (Å²) in [5.74, 6) is 0.344. The van der Waals surface area contributed by atoms with Gasteiger partial charge in [0.2, 0.25) is 0 Å². The molecule has 1 atom stereocenters. The van der Waals surface area contributed by atoms with Crippen molar-refractivity contribution in [3.63, 3.8) is 0 Å². The van der Waals surface area contributed by atoms with Crippen molar-refractivity contribution < 1.29 is 4.79 Å². The maximum atomic E-state index is 10.7. The highest BCUT2D eigenvalue weighted by molar-refractivity contribution is 6.76. The number of aldehydes is 1. The summed E-state index contributed by atoms with van der Waals surface area (Å²) in [6, 6.07) is 1.16. The summed E-state index contributed by atoms with van der Waals surface area (Å²) < 4.78 is 0. The minimum Gasteiger partial charge on any atom is -0.303 e. The van der Waals surface area contributed by atoms with Crippen LogP contribution in [0.4, 0.5) is 0 Å². The van der Waals surface area contributed by atoms with Crippen molar-refractivity contribution in [3.05, 3.63) is 0 Å². The van der Waals surface area contributed by atoms with E-state index in [9.17, 15) is 4.79 Å². The van der Waals surface area contributed by atoms with Gasteiger partial charge in [0.05, 0.1) is 0 Å². The molecule has 0 rings (SSSR count). The third kappa shape index (κ3) is 6.59. The van der Waals surface area contributed by atoms with Gasteiger partial charge in [-0.2, -0.15) is 0 Å². The van der Waals surface area contributed by atoms with E-state index in [1.807, 2.05) is 0 Å². The van der Waals surface area contributed by atoms with Gasteiger partial charge in [0.15, 0.2) is 0 Å². The zero-order valence-corrected chi connectivity index (χ0v) is 9.89. The van der Waals surface area contributed by atoms with E-state index >= 15 is 0 Å². The van der Waals surface area contributed by atoms with Gasteiger partial charge in [-0.1, -0.05) is 39.4 Å². The summed E-state index contributed by atoms with van der Waals surface area (Å²) in [5.41, 5.74) is 0. The Morgan fingerprint density at radius 2 is 1.92 bits per heavy atom. The van der Waals surface area contributed by atoms with Crippen molar-refractivity contribution in [1.29, 1.82) is 0 Å². The molecule has 0 aromatic rings. The van der Waals surface area contributed by atoms with Crippen LogP contribution in [-0.4, -0.2) is 14.4 Å². The molecule has 0 heterocycles. The Morgan fingerprint density at radius 1 is 1.33 bits per heavy atom. The van der Waals surface area contributed by atoms with Gasteiger partial charge in [-0.15, -0.1) is 0 Å². The summed E-state index contributed by atoms with van der Waals surface area (Å²) in [7, 11) is -1.02. The van der Waals surface area contributed by atoms with Crippen LogP contribution in [-0.2, 0) is 4.79 Å². The monoisotopic (exact) mass is 186 g/mol. The van der Waals surface area contributed by atoms with Crippen LogP contribution in [0, 0.1) is 5.92 Å². The van der Waals surface area contributed by atoms with Gasteiger partial charge in [-0.25, -0.2) is 0 Å². The molecule has 0 fully saturated rings. The minimum atomic E-state index is -1.02. The average molecular weight is 186 g/mol. The molecular formula is C10H22OSi. The molecule has 0 aliphatic carbocycles. The van der Waals surface area contributed by atoms with Crippen molar-refractivity contribution in [1.82, 2.24) is 0 Å². The Kier molecular flexibility index (Phi) is 5.47. The molecule has 1 unspecified atom stereocenters. The topological polar surface area (TPSA) is 17.1 Å². The third-order valence-electron chi connectivity index (χ3n) is 2.00. The van der Waals surface area contributed by atoms with Crippen LogP contribution in [0.15, 0.2) is 0 Å². The smallest absolute Gasteiger partial charge is 0.122 e. The molecule has 1 nitrogen and oxygen atoms in total. The molecule has 2 heteroatoms. The van der Waals surface area contributed by atoms with Gasteiger partial charge in [0.25, 0.3) is 0 Å². The van der Waals surface area contributed by atoms with Crippen LogP contribution in [0.3, 0.4) is 0 Å². The summed E-state index contributed by atoms with van der Waals surface area (Å²) >= 11 is 0. The van der Waals surface area contributed by atoms with Crippen LogP contribution >= 0.6 is 0 Å². The number of carbonyl (C=O) groups excluding carboxylic acids is 1. The second kappa shape index (κ2) is 5.52. The number of hydrogen-bond donors (Lipinski definition) is 0. The van der Waals surface area contributed by atoms with Crippen molar-refractivity contribution in [2.75, 3.05) is 0 Å². The second-order valence-electron chi connectivity index (χ2n) is 4.80. The molecule has 0 aromatic heterocycles. The van der Waals surface area contributed by atoms with Crippen LogP contribution in [0.5, 0.6) is 0 Å². The maximum Gasteiger partial charge on any atom is 0.122 e. The predicted octanol–water partition coefficient (Wildman–Crippen LogP) is 3.33. The molecule has 0 aromatic carbocycles. The molecule has 0 saturated carbocycles. The highest BCUT2D eigenvalue weighted by atomic mass is 28.3. The van der Waals surface area contributed by atoms with Crippen molar-refractivity contribution in [2.45, 2.75) is 51.9 Å². The fraction of sp³-hybridized carbons (Fsp3) is 0.900. The molecule has 0 aliphatic rings. The molecule has 0 radical (unpaired) electrons. The fourth-order valence-corrected chi connectivity index (χ4v) is 3.34. The first-order valence-electron chi connectivity index (χ1n) is 4.95. The predicted molar refractivity (Wildman–Crippen MR) is 57.2 cm³/mol. The van der Waals surface area contributed by atoms with Crippen LogP contribution in [0.1, 0.15) is 26.2 Å². The van der Waals surface area contributed by atoms with Gasteiger partial charge >= 0.3 is 0 Å². The molecule has 0 spiro atoms. The van der Waals surface area contributed by atoms with E-state index in [0.717, 1.165) is 18.8 Å². The minimum absolute atomic E-state index is 0.344. The Morgan fingerprint density at radius 3 is 2.25 bits per heavy atom. The fourth-order valence-electron chi connectivity index (χ4n) is 1.47. The first-order valence-corrected chi connectivity index (χ1v) is 8.65. The lowest BCUT2D eigenvalue weighted by atomic mass is 10.1. The van der Waals surface area contributed by atoms with Crippen molar-refractivity contribution >= 4 is 14.4 Å². The van der Waals surface area contributed by atoms with Gasteiger partial charge in [0, 0.05) is 14.0 Å². The number of unbranched alkanes of at least 4 members (excludes halogenated alkanes) is 1. The van der Waals surface area contributed by atoms with Crippen molar-refractivity contribution in [3.8, 4) is 0 Å². The Hall–Kier alpha value is -0.113. The van der Waals surface area contributed by atoms with E-state index in [4.69, 9.17) is 0 Å². The lowest BCUT2D eigenvalue weighted by Crippen LogP contribution is -2.24. The molecule has 0 saturated heterocycles. The standard InChI is InChI=1S/C10H22OSi/c1-5-6-7-10(8-11)9-12(2,3)4/h8,10H,5-7,9H2,1-4H3. The molecule has 0 bridgehead atoms. The molecule has 0 amide bonds. The first kappa shape index (κ1) is 11.9. The molecule has 0 N–H and O–H groups in total. The van der Waals surface area contributed by atoms with E-state index in [1.54, 1.807) is 0 Å². The molecule has 72 valence electrons. The average Bonchev–Trinajstić information content (AvgIpc) is 1.95. The highest BCUT2D eigenvalue weighted by Crippen LogP contribution is 2.19. The molecule has 0 aliphatic heterocycles. The van der Waals surface area contributed by atoms with Gasteiger partial charge < -0.3 is 4.79 Å². The van der Waals surface area contributed by atoms with Crippen LogP contribution in [0.25, 0.3) is 0 Å². The highest BCUT2D eigenvalue weighted by Gasteiger charge is 2.19. The zero-order valence-electron chi connectivity index (χ0n) is 8.89. The molecular weight excluding hydrogens is 164 g/mol. The number of rotatable bonds is 6. The lowest BCUT2D eigenvalue weighted by molar-refractivity contribution is -0.110. The number of carbonyl (C=O) groups is 1. The van der Waals surface area contributed by atoms with E-state index in [0.29, 0.717) is 5.92 Å². The summed E-state index contributed by atoms with van der Waals surface area (Å²) in [5, 5.41) is 0. The SMILES string of the molecule is CCCCC(C=O)C[Si](C)(C)C. The normalized spacial score (nSPS) is 14.3. The molecule has 12 heavy (non-hydrogen) atoms. The zero-order chi connectivity index (χ0) is 9.61. The van der Waals surface area contributed by atoms with E-state index < -0.39 is 8.07 Å². The third-order valence-corrected chi connectivity index (χ3v) is 3.74. The lowest BCUT2D eigenvalue weighted by Gasteiger charge is -2.20. The van der Waals surface area contributed by atoms with Crippen LogP contribution < -0.4 is 0 Å². The summed E-state index contributed by atoms with van der Waals surface area (Å²) in [6.07, 6.45) is 4.67. The second-order valence-corrected chi connectivity index (χ2v) is 10.3. The Balaban J connectivity index is 3.75. The van der Waals surface area contributed by atoms with E-state index in [-0.39, 0.29) is 0 Å². The Bertz CT molecular complexity index is 126. The number of hydrogen-bond acceptors (Lipinski definition) is 1. The van der Waals surface area contributed by atoms with Crippen molar-refractivity contribution in [2.24, 2.45) is 5.92 Å². The maximum absolute atomic E-state index is 10.7. The summed E-state index contributed by atoms with van der Waals surface area (Å²) in [4.78, 5) is 10.7. The largest absolute Gasteiger partial charge is 0.303 e. The van der Waals surface area contributed by atoms with Gasteiger partial charge in [-0.05, 0) is 12.5 Å². The van der Waals surface area contributed by atoms with Gasteiger partial charge in [-0.3, -0.25) is 0 Å². The van der Waals surface area contributed by atoms with Crippen LogP contribution in [0.2, 0.25) is 25.7 Å². The van der Waals surface area contributed by atoms with E-state index in [2.05, 4.69) is 26.6 Å². The van der Waals surface area contributed by atoms with Gasteiger partial charge in [0.1, 0.15) is 6.29 Å². The first-order chi connectivity index (χ1) is 5.49.